The number of aromatic nitrogens is 1. The zero-order valence-electron chi connectivity index (χ0n) is 20.9. The molecule has 39 heavy (non-hydrogen) atoms. The van der Waals surface area contributed by atoms with Crippen LogP contribution in [0.25, 0.3) is 11.1 Å². The molecule has 1 aromatic heterocycles. The molecule has 198 valence electrons. The Hall–Kier alpha value is -4.79. The van der Waals surface area contributed by atoms with E-state index in [1.807, 2.05) is 0 Å². The third-order valence-corrected chi connectivity index (χ3v) is 5.86. The van der Waals surface area contributed by atoms with Gasteiger partial charge in [0.05, 0.1) is 5.56 Å². The lowest BCUT2D eigenvalue weighted by Gasteiger charge is -2.14. The molecule has 1 heterocycles. The number of benzene rings is 3. The molecular formula is C30H24F3N3O3. The summed E-state index contributed by atoms with van der Waals surface area (Å²) in [6.45, 7) is 1.38. The van der Waals surface area contributed by atoms with Gasteiger partial charge >= 0.3 is 6.18 Å². The first-order valence-corrected chi connectivity index (χ1v) is 12.0. The molecule has 0 saturated heterocycles. The standard InChI is InChI=1S/C30H24F3N3O3/c1-19(37)34-28-9-5-8-23(35-28)15-17-27(38)21-10-13-24(14-11-21)36-29(39)26-18-22(30(31,32)33)12-16-25(26)20-6-3-2-4-7-20/h2-14,16,18H,15,17H2,1H3,(H,36,39)(H,34,35,37). The minimum absolute atomic E-state index is 0.120. The lowest BCUT2D eigenvalue weighted by atomic mass is 9.96. The van der Waals surface area contributed by atoms with E-state index < -0.39 is 17.6 Å². The molecule has 9 heteroatoms. The molecule has 0 aliphatic carbocycles. The van der Waals surface area contributed by atoms with Gasteiger partial charge in [0.2, 0.25) is 5.91 Å². The van der Waals surface area contributed by atoms with Crippen LogP contribution in [-0.4, -0.2) is 22.6 Å². The molecule has 0 unspecified atom stereocenters. The third kappa shape index (κ3) is 7.16. The van der Waals surface area contributed by atoms with Gasteiger partial charge in [0.25, 0.3) is 5.91 Å². The average molecular weight is 532 g/mol. The molecule has 4 aromatic rings. The molecule has 0 bridgehead atoms. The van der Waals surface area contributed by atoms with Crippen LogP contribution in [0.2, 0.25) is 0 Å². The minimum atomic E-state index is -4.60. The van der Waals surface area contributed by atoms with Crippen LogP contribution in [0.4, 0.5) is 24.7 Å². The normalized spacial score (nSPS) is 11.1. The van der Waals surface area contributed by atoms with Gasteiger partial charge in [-0.05, 0) is 66.1 Å². The van der Waals surface area contributed by atoms with Gasteiger partial charge in [-0.15, -0.1) is 0 Å². The number of amides is 2. The number of pyridine rings is 1. The summed E-state index contributed by atoms with van der Waals surface area (Å²) in [5.41, 5.74) is 1.32. The largest absolute Gasteiger partial charge is 0.416 e. The molecule has 3 aromatic carbocycles. The molecule has 0 saturated carbocycles. The van der Waals surface area contributed by atoms with Crippen molar-refractivity contribution >= 4 is 29.1 Å². The van der Waals surface area contributed by atoms with Gasteiger partial charge in [0, 0.05) is 35.9 Å². The Morgan fingerprint density at radius 2 is 1.54 bits per heavy atom. The second-order valence-corrected chi connectivity index (χ2v) is 8.77. The van der Waals surface area contributed by atoms with Crippen LogP contribution < -0.4 is 10.6 Å². The van der Waals surface area contributed by atoms with Crippen molar-refractivity contribution in [3.05, 3.63) is 113 Å². The van der Waals surface area contributed by atoms with Gasteiger partial charge in [-0.1, -0.05) is 42.5 Å². The Labute approximate surface area is 222 Å². The Balaban J connectivity index is 1.46. The Bertz CT molecular complexity index is 1500. The zero-order valence-corrected chi connectivity index (χ0v) is 20.9. The second-order valence-electron chi connectivity index (χ2n) is 8.77. The summed E-state index contributed by atoms with van der Waals surface area (Å²) in [7, 11) is 0. The molecule has 6 nitrogen and oxygen atoms in total. The van der Waals surface area contributed by atoms with E-state index in [-0.39, 0.29) is 23.7 Å². The number of hydrogen-bond acceptors (Lipinski definition) is 4. The molecule has 0 aliphatic rings. The highest BCUT2D eigenvalue weighted by Crippen LogP contribution is 2.34. The number of alkyl halides is 3. The number of nitrogens with zero attached hydrogens (tertiary/aromatic N) is 1. The molecule has 0 aliphatic heterocycles. The van der Waals surface area contributed by atoms with E-state index in [4.69, 9.17) is 0 Å². The first-order chi connectivity index (χ1) is 18.6. The highest BCUT2D eigenvalue weighted by atomic mass is 19.4. The first-order valence-electron chi connectivity index (χ1n) is 12.0. The van der Waals surface area contributed by atoms with E-state index in [1.54, 1.807) is 60.7 Å². The lowest BCUT2D eigenvalue weighted by molar-refractivity contribution is -0.137. The van der Waals surface area contributed by atoms with Crippen LogP contribution in [0, 0.1) is 0 Å². The fourth-order valence-corrected chi connectivity index (χ4v) is 3.97. The van der Waals surface area contributed by atoms with E-state index in [1.165, 1.54) is 25.1 Å². The molecule has 0 radical (unpaired) electrons. The van der Waals surface area contributed by atoms with Crippen LogP contribution in [0.5, 0.6) is 0 Å². The maximum atomic E-state index is 13.4. The lowest BCUT2D eigenvalue weighted by Crippen LogP contribution is -2.15. The third-order valence-electron chi connectivity index (χ3n) is 5.86. The minimum Gasteiger partial charge on any atom is -0.322 e. The van der Waals surface area contributed by atoms with Gasteiger partial charge in [-0.2, -0.15) is 13.2 Å². The predicted octanol–water partition coefficient (Wildman–Crippen LogP) is 6.79. The number of hydrogen-bond donors (Lipinski definition) is 2. The molecule has 4 rings (SSSR count). The fraction of sp³-hybridized carbons (Fsp3) is 0.133. The first kappa shape index (κ1) is 27.3. The SMILES string of the molecule is CC(=O)Nc1cccc(CCC(=O)c2ccc(NC(=O)c3cc(C(F)(F)F)ccc3-c3ccccc3)cc2)n1. The van der Waals surface area contributed by atoms with Crippen molar-refractivity contribution in [1.29, 1.82) is 0 Å². The highest BCUT2D eigenvalue weighted by Gasteiger charge is 2.32. The summed E-state index contributed by atoms with van der Waals surface area (Å²) in [6.07, 6.45) is -4.07. The van der Waals surface area contributed by atoms with Gasteiger partial charge in [-0.25, -0.2) is 4.98 Å². The van der Waals surface area contributed by atoms with Gasteiger partial charge in [0.15, 0.2) is 5.78 Å². The van der Waals surface area contributed by atoms with Crippen molar-refractivity contribution < 1.29 is 27.6 Å². The summed E-state index contributed by atoms with van der Waals surface area (Å²) >= 11 is 0. The molecule has 2 N–H and O–H groups in total. The van der Waals surface area contributed by atoms with Crippen LogP contribution >= 0.6 is 0 Å². The summed E-state index contributed by atoms with van der Waals surface area (Å²) in [4.78, 5) is 41.3. The van der Waals surface area contributed by atoms with Gasteiger partial charge < -0.3 is 10.6 Å². The summed E-state index contributed by atoms with van der Waals surface area (Å²) < 4.78 is 40.1. The van der Waals surface area contributed by atoms with E-state index in [0.717, 1.165) is 12.1 Å². The van der Waals surface area contributed by atoms with Crippen molar-refractivity contribution in [2.45, 2.75) is 25.9 Å². The van der Waals surface area contributed by atoms with Crippen molar-refractivity contribution in [2.24, 2.45) is 0 Å². The number of anilines is 2. The number of nitrogens with one attached hydrogen (secondary N) is 2. The Kier molecular flexibility index (Phi) is 8.19. The van der Waals surface area contributed by atoms with Crippen molar-refractivity contribution in [2.75, 3.05) is 10.6 Å². The maximum absolute atomic E-state index is 13.4. The molecule has 0 atom stereocenters. The molecule has 0 spiro atoms. The summed E-state index contributed by atoms with van der Waals surface area (Å²) in [5.74, 6) is -0.691. The fourth-order valence-electron chi connectivity index (χ4n) is 3.97. The number of carbonyl (C=O) groups excluding carboxylic acids is 3. The number of Topliss-reactive ketones (excluding diaryl/α,β-unsaturated/α-hetero) is 1. The average Bonchev–Trinajstić information content (AvgIpc) is 2.91. The number of carbonyl (C=O) groups is 3. The predicted molar refractivity (Wildman–Crippen MR) is 142 cm³/mol. The number of halogens is 3. The van der Waals surface area contributed by atoms with Crippen LogP contribution in [0.15, 0.2) is 91.0 Å². The van der Waals surface area contributed by atoms with Crippen molar-refractivity contribution in [3.8, 4) is 11.1 Å². The quantitative estimate of drug-likeness (QED) is 0.245. The zero-order chi connectivity index (χ0) is 28.0. The highest BCUT2D eigenvalue weighted by molar-refractivity contribution is 6.09. The van der Waals surface area contributed by atoms with Gasteiger partial charge in [0.1, 0.15) is 5.82 Å². The Morgan fingerprint density at radius 3 is 2.21 bits per heavy atom. The molecule has 2 amide bonds. The topological polar surface area (TPSA) is 88.2 Å². The van der Waals surface area contributed by atoms with Crippen molar-refractivity contribution in [3.63, 3.8) is 0 Å². The van der Waals surface area contributed by atoms with E-state index in [2.05, 4.69) is 15.6 Å². The molecular weight excluding hydrogens is 507 g/mol. The van der Waals surface area contributed by atoms with Crippen LogP contribution in [0.3, 0.4) is 0 Å². The van der Waals surface area contributed by atoms with E-state index >= 15 is 0 Å². The van der Waals surface area contributed by atoms with Gasteiger partial charge in [-0.3, -0.25) is 14.4 Å². The maximum Gasteiger partial charge on any atom is 0.416 e. The monoisotopic (exact) mass is 531 g/mol. The number of aryl methyl sites for hydroxylation is 1. The second kappa shape index (κ2) is 11.7. The van der Waals surface area contributed by atoms with E-state index in [0.29, 0.717) is 40.3 Å². The van der Waals surface area contributed by atoms with Crippen LogP contribution in [0.1, 0.15) is 45.3 Å². The molecule has 0 fully saturated rings. The Morgan fingerprint density at radius 1 is 0.821 bits per heavy atom. The summed E-state index contributed by atoms with van der Waals surface area (Å²) in [5, 5.41) is 5.23. The smallest absolute Gasteiger partial charge is 0.322 e. The number of ketones is 1. The van der Waals surface area contributed by atoms with Crippen molar-refractivity contribution in [1.82, 2.24) is 4.98 Å². The number of rotatable bonds is 8. The van der Waals surface area contributed by atoms with Crippen LogP contribution in [-0.2, 0) is 17.4 Å². The van der Waals surface area contributed by atoms with E-state index in [9.17, 15) is 27.6 Å². The summed E-state index contributed by atoms with van der Waals surface area (Å²) in [6, 6.07) is 23.0.